The molecule has 0 aromatic carbocycles. The maximum Gasteiger partial charge on any atom is 0.289 e. The molecule has 2 bridgehead atoms. The third-order valence-electron chi connectivity index (χ3n) is 5.24. The third kappa shape index (κ3) is 2.18. The van der Waals surface area contributed by atoms with E-state index in [1.165, 1.54) is 9.21 Å². The molecule has 0 unspecified atom stereocenters. The molecule has 9 nitrogen and oxygen atoms in total. The smallest absolute Gasteiger partial charge is 0.289 e. The number of hydrogen-bond donors (Lipinski definition) is 0. The number of carbonyl (C=O) groups is 1. The summed E-state index contributed by atoms with van der Waals surface area (Å²) in [6.45, 7) is 3.68. The summed E-state index contributed by atoms with van der Waals surface area (Å²) in [7, 11) is -0.704. The highest BCUT2D eigenvalue weighted by Gasteiger charge is 2.64. The van der Waals surface area contributed by atoms with Crippen molar-refractivity contribution < 1.29 is 22.2 Å². The number of fused-ring (bicyclic) bond motifs is 1. The average molecular weight is 380 g/mol. The number of amides is 1. The summed E-state index contributed by atoms with van der Waals surface area (Å²) in [6.07, 6.45) is 2.46. The van der Waals surface area contributed by atoms with E-state index in [-0.39, 0.29) is 22.5 Å². The van der Waals surface area contributed by atoms with Crippen LogP contribution in [0.1, 0.15) is 40.7 Å². The predicted molar refractivity (Wildman–Crippen MR) is 88.8 cm³/mol. The Hall–Kier alpha value is -2.20. The van der Waals surface area contributed by atoms with Gasteiger partial charge in [0.05, 0.1) is 0 Å². The Labute approximate surface area is 151 Å². The summed E-state index contributed by atoms with van der Waals surface area (Å²) in [4.78, 5) is 17.8. The van der Waals surface area contributed by atoms with E-state index in [0.29, 0.717) is 36.7 Å². The average Bonchev–Trinajstić information content (AvgIpc) is 3.26. The number of aromatic nitrogens is 2. The van der Waals surface area contributed by atoms with Crippen molar-refractivity contribution in [1.82, 2.24) is 19.3 Å². The van der Waals surface area contributed by atoms with Crippen molar-refractivity contribution in [2.75, 3.05) is 20.6 Å². The molecule has 0 atom stereocenters. The van der Waals surface area contributed by atoms with Crippen LogP contribution in [-0.2, 0) is 15.6 Å². The van der Waals surface area contributed by atoms with Crippen LogP contribution in [0.3, 0.4) is 0 Å². The molecule has 140 valence electrons. The van der Waals surface area contributed by atoms with Crippen molar-refractivity contribution in [3.8, 4) is 0 Å². The molecule has 2 aromatic heterocycles. The third-order valence-corrected chi connectivity index (χ3v) is 7.28. The first kappa shape index (κ1) is 17.2. The SMILES string of the molecule is Cc1noc(C23CC(CN2S(=O)(=O)c2coc(C(=O)N(C)C)c2C)C3)n1. The number of aryl methyl sites for hydroxylation is 1. The number of rotatable bonds is 4. The molecule has 26 heavy (non-hydrogen) atoms. The van der Waals surface area contributed by atoms with Gasteiger partial charge in [-0.2, -0.15) is 9.29 Å². The van der Waals surface area contributed by atoms with Crippen LogP contribution in [-0.4, -0.2) is 54.3 Å². The largest absolute Gasteiger partial charge is 0.457 e. The van der Waals surface area contributed by atoms with E-state index in [4.69, 9.17) is 8.94 Å². The second kappa shape index (κ2) is 5.40. The van der Waals surface area contributed by atoms with Crippen molar-refractivity contribution in [2.45, 2.75) is 37.1 Å². The molecule has 1 aliphatic carbocycles. The number of hydrogen-bond acceptors (Lipinski definition) is 7. The fraction of sp³-hybridized carbons (Fsp3) is 0.562. The summed E-state index contributed by atoms with van der Waals surface area (Å²) >= 11 is 0. The van der Waals surface area contributed by atoms with Crippen molar-refractivity contribution in [3.63, 3.8) is 0 Å². The van der Waals surface area contributed by atoms with E-state index in [1.807, 2.05) is 0 Å². The van der Waals surface area contributed by atoms with E-state index in [2.05, 4.69) is 10.1 Å². The molecule has 0 spiro atoms. The van der Waals surface area contributed by atoms with Gasteiger partial charge in [-0.05, 0) is 32.6 Å². The molecule has 10 heteroatoms. The van der Waals surface area contributed by atoms with Crippen LogP contribution < -0.4 is 0 Å². The lowest BCUT2D eigenvalue weighted by molar-refractivity contribution is 0.0795. The molecule has 5 rings (SSSR count). The molecule has 3 fully saturated rings. The lowest BCUT2D eigenvalue weighted by atomic mass is 9.73. The Balaban J connectivity index is 1.75. The lowest BCUT2D eigenvalue weighted by Gasteiger charge is -2.37. The zero-order chi connectivity index (χ0) is 18.9. The highest BCUT2D eigenvalue weighted by Crippen LogP contribution is 2.58. The van der Waals surface area contributed by atoms with Crippen molar-refractivity contribution in [3.05, 3.63) is 29.3 Å². The van der Waals surface area contributed by atoms with E-state index < -0.39 is 15.6 Å². The first-order valence-electron chi connectivity index (χ1n) is 8.30. The predicted octanol–water partition coefficient (Wildman–Crippen LogP) is 1.29. The number of furan rings is 1. The summed E-state index contributed by atoms with van der Waals surface area (Å²) in [5.41, 5.74) is -0.482. The van der Waals surface area contributed by atoms with Crippen molar-refractivity contribution in [1.29, 1.82) is 0 Å². The number of nitrogens with zero attached hydrogens (tertiary/aromatic N) is 4. The molecule has 1 amide bonds. The Morgan fingerprint density at radius 3 is 2.62 bits per heavy atom. The molecular formula is C16H20N4O5S. The summed E-state index contributed by atoms with van der Waals surface area (Å²) < 4.78 is 38.7. The topological polar surface area (TPSA) is 110 Å². The first-order valence-corrected chi connectivity index (χ1v) is 9.74. The van der Waals surface area contributed by atoms with Crippen LogP contribution in [0.5, 0.6) is 0 Å². The van der Waals surface area contributed by atoms with Crippen LogP contribution in [0.2, 0.25) is 0 Å². The highest BCUT2D eigenvalue weighted by atomic mass is 32.2. The maximum atomic E-state index is 13.3. The van der Waals surface area contributed by atoms with Crippen LogP contribution >= 0.6 is 0 Å². The van der Waals surface area contributed by atoms with Crippen LogP contribution in [0.25, 0.3) is 0 Å². The molecule has 0 N–H and O–H groups in total. The van der Waals surface area contributed by atoms with E-state index in [1.54, 1.807) is 27.9 Å². The van der Waals surface area contributed by atoms with Crippen LogP contribution in [0, 0.1) is 19.8 Å². The van der Waals surface area contributed by atoms with Gasteiger partial charge in [-0.15, -0.1) is 0 Å². The second-order valence-electron chi connectivity index (χ2n) is 7.24. The van der Waals surface area contributed by atoms with Gasteiger partial charge in [-0.1, -0.05) is 5.16 Å². The molecular weight excluding hydrogens is 360 g/mol. The monoisotopic (exact) mass is 380 g/mol. The van der Waals surface area contributed by atoms with Gasteiger partial charge in [0, 0.05) is 26.2 Å². The Bertz CT molecular complexity index is 984. The van der Waals surface area contributed by atoms with Gasteiger partial charge in [-0.25, -0.2) is 8.42 Å². The van der Waals surface area contributed by atoms with Crippen LogP contribution in [0.4, 0.5) is 0 Å². The van der Waals surface area contributed by atoms with Crippen LogP contribution in [0.15, 0.2) is 20.1 Å². The minimum atomic E-state index is -3.87. The van der Waals surface area contributed by atoms with Gasteiger partial charge >= 0.3 is 0 Å². The summed E-state index contributed by atoms with van der Waals surface area (Å²) in [5, 5.41) is 3.81. The molecule has 3 aliphatic rings. The minimum Gasteiger partial charge on any atom is -0.457 e. The molecule has 2 aliphatic heterocycles. The fourth-order valence-corrected chi connectivity index (χ4v) is 5.90. The minimum absolute atomic E-state index is 0.00543. The van der Waals surface area contributed by atoms with E-state index in [0.717, 1.165) is 6.26 Å². The Morgan fingerprint density at radius 2 is 2.04 bits per heavy atom. The van der Waals surface area contributed by atoms with Gasteiger partial charge in [-0.3, -0.25) is 4.79 Å². The Kier molecular flexibility index (Phi) is 3.58. The molecule has 2 aromatic rings. The lowest BCUT2D eigenvalue weighted by Crippen LogP contribution is -2.46. The summed E-state index contributed by atoms with van der Waals surface area (Å²) in [5.74, 6) is 0.727. The van der Waals surface area contributed by atoms with Gasteiger partial charge in [0.2, 0.25) is 15.9 Å². The first-order chi connectivity index (χ1) is 12.2. The second-order valence-corrected chi connectivity index (χ2v) is 9.07. The normalized spacial score (nSPS) is 25.3. The molecule has 2 saturated heterocycles. The molecule has 4 heterocycles. The van der Waals surface area contributed by atoms with E-state index >= 15 is 0 Å². The van der Waals surface area contributed by atoms with Gasteiger partial charge < -0.3 is 13.8 Å². The maximum absolute atomic E-state index is 13.3. The van der Waals surface area contributed by atoms with E-state index in [9.17, 15) is 13.2 Å². The standard InChI is InChI=1S/C16H20N4O5S/c1-9-12(8-24-13(9)14(21)19(3)4)26(22,23)20-7-11-5-16(20,6-11)15-17-10(2)18-25-15/h8,11H,5-7H2,1-4H3. The molecule has 1 saturated carbocycles. The zero-order valence-corrected chi connectivity index (χ0v) is 15.8. The number of carbonyl (C=O) groups excluding carboxylic acids is 1. The highest BCUT2D eigenvalue weighted by molar-refractivity contribution is 7.89. The van der Waals surface area contributed by atoms with Crippen molar-refractivity contribution >= 4 is 15.9 Å². The number of sulfonamides is 1. The van der Waals surface area contributed by atoms with Crippen molar-refractivity contribution in [2.24, 2.45) is 5.92 Å². The summed E-state index contributed by atoms with van der Waals surface area (Å²) in [6, 6.07) is 0. The quantitative estimate of drug-likeness (QED) is 0.786. The van der Waals surface area contributed by atoms with Gasteiger partial charge in [0.25, 0.3) is 5.91 Å². The zero-order valence-electron chi connectivity index (χ0n) is 15.0. The fourth-order valence-electron chi connectivity index (χ4n) is 3.92. The molecule has 0 radical (unpaired) electrons. The Morgan fingerprint density at radius 1 is 1.35 bits per heavy atom. The van der Waals surface area contributed by atoms with Gasteiger partial charge in [0.15, 0.2) is 11.6 Å². The van der Waals surface area contributed by atoms with Gasteiger partial charge in [0.1, 0.15) is 16.7 Å².